The summed E-state index contributed by atoms with van der Waals surface area (Å²) < 4.78 is 34.7. The third-order valence-electron chi connectivity index (χ3n) is 4.80. The summed E-state index contributed by atoms with van der Waals surface area (Å²) in [7, 11) is -1.21. The fourth-order valence-corrected chi connectivity index (χ4v) is 3.99. The van der Waals surface area contributed by atoms with Crippen molar-refractivity contribution in [2.24, 2.45) is 0 Å². The van der Waals surface area contributed by atoms with Crippen LogP contribution in [0, 0.1) is 11.6 Å². The summed E-state index contributed by atoms with van der Waals surface area (Å²) in [5, 5.41) is 0.694. The number of hydrogen-bond acceptors (Lipinski definition) is 2. The minimum atomic E-state index is -1.21. The van der Waals surface area contributed by atoms with Gasteiger partial charge in [-0.05, 0) is 42.0 Å². The lowest BCUT2D eigenvalue weighted by Gasteiger charge is -2.18. The average molecular weight is 378 g/mol. The van der Waals surface area contributed by atoms with E-state index in [1.165, 1.54) is 4.57 Å². The standard InChI is InChI=1S/C20H25F2NO2Si/c1-26(2,3)9-8-25-13-23-12-17(14-6-4-5-7-14)15-10-18(21)19(22)11-16(15)20(23)24/h4,6,10-12,14H,5,7-9,13H2,1-3H3. The van der Waals surface area contributed by atoms with Gasteiger partial charge in [0.25, 0.3) is 5.56 Å². The molecule has 3 nitrogen and oxygen atoms in total. The molecule has 6 heteroatoms. The van der Waals surface area contributed by atoms with E-state index in [1.54, 1.807) is 6.20 Å². The minimum Gasteiger partial charge on any atom is -0.361 e. The zero-order valence-electron chi connectivity index (χ0n) is 15.5. The molecule has 0 amide bonds. The first kappa shape index (κ1) is 19.0. The predicted molar refractivity (Wildman–Crippen MR) is 103 cm³/mol. The fourth-order valence-electron chi connectivity index (χ4n) is 3.24. The zero-order valence-corrected chi connectivity index (χ0v) is 16.5. The number of fused-ring (bicyclic) bond motifs is 1. The van der Waals surface area contributed by atoms with E-state index in [0.29, 0.717) is 12.0 Å². The Bertz CT molecular complexity index is 899. The van der Waals surface area contributed by atoms with Crippen LogP contribution >= 0.6 is 0 Å². The van der Waals surface area contributed by atoms with Gasteiger partial charge in [0.05, 0.1) is 5.39 Å². The van der Waals surface area contributed by atoms with Crippen LogP contribution in [0.3, 0.4) is 0 Å². The van der Waals surface area contributed by atoms with Crippen molar-refractivity contribution in [3.63, 3.8) is 0 Å². The smallest absolute Gasteiger partial charge is 0.260 e. The molecule has 1 aliphatic rings. The van der Waals surface area contributed by atoms with E-state index in [4.69, 9.17) is 4.74 Å². The number of nitrogens with zero attached hydrogens (tertiary/aromatic N) is 1. The quantitative estimate of drug-likeness (QED) is 0.402. The van der Waals surface area contributed by atoms with Crippen LogP contribution in [0.4, 0.5) is 8.78 Å². The summed E-state index contributed by atoms with van der Waals surface area (Å²) in [6.07, 6.45) is 7.74. The van der Waals surface area contributed by atoms with Crippen LogP contribution in [0.1, 0.15) is 24.3 Å². The number of allylic oxidation sites excluding steroid dienone is 2. The molecule has 3 rings (SSSR count). The molecule has 1 aromatic heterocycles. The Hall–Kier alpha value is -1.79. The Morgan fingerprint density at radius 2 is 1.88 bits per heavy atom. The molecule has 0 radical (unpaired) electrons. The van der Waals surface area contributed by atoms with Crippen molar-refractivity contribution < 1.29 is 13.5 Å². The molecule has 0 saturated carbocycles. The summed E-state index contributed by atoms with van der Waals surface area (Å²) in [5.74, 6) is -1.82. The molecule has 1 aromatic carbocycles. The predicted octanol–water partition coefficient (Wildman–Crippen LogP) is 5.03. The Balaban J connectivity index is 1.98. The zero-order chi connectivity index (χ0) is 18.9. The van der Waals surface area contributed by atoms with Crippen LogP contribution in [0.5, 0.6) is 0 Å². The number of halogens is 2. The summed E-state index contributed by atoms with van der Waals surface area (Å²) in [5.41, 5.74) is 0.499. The molecule has 140 valence electrons. The van der Waals surface area contributed by atoms with Gasteiger partial charge in [-0.25, -0.2) is 8.78 Å². The van der Waals surface area contributed by atoms with Crippen LogP contribution in [0.2, 0.25) is 25.7 Å². The van der Waals surface area contributed by atoms with Gasteiger partial charge in [0.2, 0.25) is 0 Å². The topological polar surface area (TPSA) is 31.2 Å². The van der Waals surface area contributed by atoms with Crippen LogP contribution in [0.25, 0.3) is 10.8 Å². The minimum absolute atomic E-state index is 0.108. The summed E-state index contributed by atoms with van der Waals surface area (Å²) in [6.45, 7) is 7.51. The van der Waals surface area contributed by atoms with Gasteiger partial charge in [-0.2, -0.15) is 0 Å². The van der Waals surface area contributed by atoms with E-state index in [2.05, 4.69) is 31.8 Å². The maximum atomic E-state index is 13.8. The molecule has 1 atom stereocenters. The van der Waals surface area contributed by atoms with E-state index in [0.717, 1.165) is 36.6 Å². The Morgan fingerprint density at radius 3 is 2.50 bits per heavy atom. The summed E-state index contributed by atoms with van der Waals surface area (Å²) in [4.78, 5) is 12.7. The van der Waals surface area contributed by atoms with Crippen molar-refractivity contribution in [3.05, 3.63) is 58.0 Å². The number of benzene rings is 1. The van der Waals surface area contributed by atoms with Gasteiger partial charge in [-0.15, -0.1) is 0 Å². The molecule has 0 N–H and O–H groups in total. The first-order valence-electron chi connectivity index (χ1n) is 9.03. The van der Waals surface area contributed by atoms with E-state index in [9.17, 15) is 13.6 Å². The second-order valence-corrected chi connectivity index (χ2v) is 13.8. The lowest BCUT2D eigenvalue weighted by molar-refractivity contribution is 0.0849. The van der Waals surface area contributed by atoms with Gasteiger partial charge in [0.1, 0.15) is 6.73 Å². The number of rotatable bonds is 6. The van der Waals surface area contributed by atoms with E-state index in [1.807, 2.05) is 0 Å². The molecular formula is C20H25F2NO2Si. The molecule has 0 fully saturated rings. The average Bonchev–Trinajstić information content (AvgIpc) is 3.08. The van der Waals surface area contributed by atoms with Crippen LogP contribution < -0.4 is 5.56 Å². The molecule has 0 bridgehead atoms. The fraction of sp³-hybridized carbons (Fsp3) is 0.450. The first-order valence-corrected chi connectivity index (χ1v) is 12.7. The largest absolute Gasteiger partial charge is 0.361 e. The monoisotopic (exact) mass is 377 g/mol. The Morgan fingerprint density at radius 1 is 1.19 bits per heavy atom. The lowest BCUT2D eigenvalue weighted by atomic mass is 9.95. The molecule has 1 aliphatic carbocycles. The van der Waals surface area contributed by atoms with Crippen molar-refractivity contribution in [1.82, 2.24) is 4.57 Å². The number of hydrogen-bond donors (Lipinski definition) is 0. The van der Waals surface area contributed by atoms with Crippen LogP contribution in [-0.4, -0.2) is 19.2 Å². The highest BCUT2D eigenvalue weighted by molar-refractivity contribution is 6.76. The third kappa shape index (κ3) is 4.12. The van der Waals surface area contributed by atoms with Crippen molar-refractivity contribution in [2.75, 3.05) is 6.61 Å². The van der Waals surface area contributed by atoms with Crippen LogP contribution in [0.15, 0.2) is 35.3 Å². The Kier molecular flexibility index (Phi) is 5.44. The first-order chi connectivity index (χ1) is 12.3. The van der Waals surface area contributed by atoms with Gasteiger partial charge < -0.3 is 4.74 Å². The molecular weight excluding hydrogens is 352 g/mol. The maximum absolute atomic E-state index is 13.8. The highest BCUT2D eigenvalue weighted by Crippen LogP contribution is 2.33. The van der Waals surface area contributed by atoms with Gasteiger partial charge in [-0.1, -0.05) is 31.8 Å². The van der Waals surface area contributed by atoms with Crippen molar-refractivity contribution in [2.45, 2.75) is 51.2 Å². The maximum Gasteiger partial charge on any atom is 0.260 e. The van der Waals surface area contributed by atoms with E-state index in [-0.39, 0.29) is 23.6 Å². The van der Waals surface area contributed by atoms with Crippen molar-refractivity contribution in [3.8, 4) is 0 Å². The highest BCUT2D eigenvalue weighted by atomic mass is 28.3. The normalized spacial score (nSPS) is 17.3. The summed E-state index contributed by atoms with van der Waals surface area (Å²) in [6, 6.07) is 3.16. The number of ether oxygens (including phenoxy) is 1. The summed E-state index contributed by atoms with van der Waals surface area (Å²) >= 11 is 0. The highest BCUT2D eigenvalue weighted by Gasteiger charge is 2.20. The van der Waals surface area contributed by atoms with Gasteiger partial charge >= 0.3 is 0 Å². The lowest BCUT2D eigenvalue weighted by Crippen LogP contribution is -2.25. The molecule has 2 aromatic rings. The second kappa shape index (κ2) is 7.45. The molecule has 0 saturated heterocycles. The molecule has 26 heavy (non-hydrogen) atoms. The second-order valence-electron chi connectivity index (χ2n) is 8.13. The SMILES string of the molecule is C[Si](C)(C)CCOCn1cc(C2C=CCC2)c2cc(F)c(F)cc2c1=O. The Labute approximate surface area is 153 Å². The molecule has 1 heterocycles. The molecule has 0 spiro atoms. The van der Waals surface area contributed by atoms with E-state index < -0.39 is 19.7 Å². The molecule has 1 unspecified atom stereocenters. The number of pyridine rings is 1. The van der Waals surface area contributed by atoms with Gasteiger partial charge in [0.15, 0.2) is 11.6 Å². The number of aromatic nitrogens is 1. The van der Waals surface area contributed by atoms with Crippen molar-refractivity contribution in [1.29, 1.82) is 0 Å². The van der Waals surface area contributed by atoms with Crippen LogP contribution in [-0.2, 0) is 11.5 Å². The van der Waals surface area contributed by atoms with Gasteiger partial charge in [0, 0.05) is 26.8 Å². The third-order valence-corrected chi connectivity index (χ3v) is 6.50. The van der Waals surface area contributed by atoms with E-state index >= 15 is 0 Å². The molecule has 0 aliphatic heterocycles. The van der Waals surface area contributed by atoms with Gasteiger partial charge in [-0.3, -0.25) is 9.36 Å². The van der Waals surface area contributed by atoms with Crippen molar-refractivity contribution >= 4 is 18.8 Å².